The molecule has 0 heterocycles. The van der Waals surface area contributed by atoms with Gasteiger partial charge >= 0.3 is 0 Å². The maximum absolute atomic E-state index is 5.88. The highest BCUT2D eigenvalue weighted by atomic mass is 35.5. The molecule has 1 aliphatic carbocycles. The summed E-state index contributed by atoms with van der Waals surface area (Å²) in [5.74, 6) is 0. The normalized spacial score (nSPS) is 45.6. The van der Waals surface area contributed by atoms with Crippen molar-refractivity contribution in [2.24, 2.45) is 0 Å². The fourth-order valence-corrected chi connectivity index (χ4v) is 3.38. The summed E-state index contributed by atoms with van der Waals surface area (Å²) in [4.78, 5) is 0. The van der Waals surface area contributed by atoms with Gasteiger partial charge in [-0.15, -0.1) is 92.8 Å². The molecule has 0 N–H and O–H groups in total. The minimum atomic E-state index is -0.437. The Morgan fingerprint density at radius 3 is 0.600 bits per heavy atom. The first kappa shape index (κ1) is 17.3. The molecule has 1 fully saturated rings. The first-order valence-electron chi connectivity index (χ1n) is 3.84. The standard InChI is InChI=1S/C6H6Cl6.CH2Cl2/c7-1-2(8)4(10)6(12)5(11)3(1)9;2-1-3/h1-6H;1H2. The Hall–Kier alpha value is 2.32. The van der Waals surface area contributed by atoms with Gasteiger partial charge in [-0.25, -0.2) is 0 Å². The van der Waals surface area contributed by atoms with Gasteiger partial charge in [-0.05, 0) is 0 Å². The first-order valence-corrected chi connectivity index (χ1v) is 7.53. The Balaban J connectivity index is 0.000000583. The molecule has 0 aromatic rings. The van der Waals surface area contributed by atoms with Gasteiger partial charge in [-0.2, -0.15) is 0 Å². The molecule has 15 heavy (non-hydrogen) atoms. The fraction of sp³-hybridized carbons (Fsp3) is 1.00. The Labute approximate surface area is 129 Å². The van der Waals surface area contributed by atoms with Gasteiger partial charge in [-0.3, -0.25) is 0 Å². The van der Waals surface area contributed by atoms with E-state index in [0.29, 0.717) is 0 Å². The van der Waals surface area contributed by atoms with Crippen molar-refractivity contribution in [3.63, 3.8) is 0 Å². The lowest BCUT2D eigenvalue weighted by Gasteiger charge is -2.37. The molecule has 1 aliphatic rings. The summed E-state index contributed by atoms with van der Waals surface area (Å²) >= 11 is 44.8. The first-order chi connectivity index (χ1) is 6.88. The molecule has 0 aromatic heterocycles. The van der Waals surface area contributed by atoms with Gasteiger partial charge in [0.05, 0.1) is 37.6 Å². The smallest absolute Gasteiger partial charge is 0.0967 e. The molecule has 8 heteroatoms. The van der Waals surface area contributed by atoms with E-state index in [4.69, 9.17) is 92.8 Å². The maximum atomic E-state index is 5.88. The summed E-state index contributed by atoms with van der Waals surface area (Å²) < 4.78 is 0. The maximum Gasteiger partial charge on any atom is 0.0967 e. The van der Waals surface area contributed by atoms with Crippen LogP contribution in [0.4, 0.5) is 0 Å². The molecular weight excluding hydrogens is 368 g/mol. The van der Waals surface area contributed by atoms with Gasteiger partial charge < -0.3 is 0 Å². The highest BCUT2D eigenvalue weighted by Gasteiger charge is 2.46. The van der Waals surface area contributed by atoms with Crippen LogP contribution in [0.25, 0.3) is 0 Å². The Morgan fingerprint density at radius 1 is 0.467 bits per heavy atom. The van der Waals surface area contributed by atoms with Gasteiger partial charge in [0, 0.05) is 0 Å². The highest BCUT2D eigenvalue weighted by Crippen LogP contribution is 2.39. The number of rotatable bonds is 0. The summed E-state index contributed by atoms with van der Waals surface area (Å²) in [5, 5.41) is -2.43. The van der Waals surface area contributed by atoms with Crippen LogP contribution in [0.3, 0.4) is 0 Å². The summed E-state index contributed by atoms with van der Waals surface area (Å²) in [6.07, 6.45) is 0. The molecular formula is C7H8Cl8. The molecule has 0 radical (unpaired) electrons. The van der Waals surface area contributed by atoms with Crippen molar-refractivity contribution in [3.8, 4) is 0 Å². The predicted octanol–water partition coefficient (Wildman–Crippen LogP) is 5.07. The molecule has 0 saturated heterocycles. The topological polar surface area (TPSA) is 0 Å². The van der Waals surface area contributed by atoms with Crippen LogP contribution in [-0.2, 0) is 0 Å². The van der Waals surface area contributed by atoms with Gasteiger partial charge in [0.1, 0.15) is 0 Å². The van der Waals surface area contributed by atoms with Crippen LogP contribution in [0.1, 0.15) is 0 Å². The van der Waals surface area contributed by atoms with E-state index in [1.54, 1.807) is 0 Å². The van der Waals surface area contributed by atoms with Crippen molar-refractivity contribution >= 4 is 92.8 Å². The monoisotopic (exact) mass is 372 g/mol. The molecule has 0 spiro atoms. The van der Waals surface area contributed by atoms with Crippen molar-refractivity contribution in [1.29, 1.82) is 0 Å². The number of hydrogen-bond donors (Lipinski definition) is 0. The van der Waals surface area contributed by atoms with Crippen molar-refractivity contribution in [2.75, 3.05) is 5.34 Å². The number of alkyl halides is 8. The molecule has 0 aromatic carbocycles. The second-order valence-corrected chi connectivity index (χ2v) is 6.60. The molecule has 92 valence electrons. The van der Waals surface area contributed by atoms with E-state index in [2.05, 4.69) is 0 Å². The van der Waals surface area contributed by atoms with Crippen molar-refractivity contribution < 1.29 is 0 Å². The van der Waals surface area contributed by atoms with Gasteiger partial charge in [0.15, 0.2) is 0 Å². The van der Waals surface area contributed by atoms with Gasteiger partial charge in [-0.1, -0.05) is 0 Å². The SMILES string of the molecule is ClC1C(Cl)C(Cl)C(Cl)C(Cl)C1Cl.ClCCl. The largest absolute Gasteiger partial charge is 0.120 e. The van der Waals surface area contributed by atoms with Crippen LogP contribution in [0.2, 0.25) is 0 Å². The zero-order valence-corrected chi connectivity index (χ0v) is 13.2. The second kappa shape index (κ2) is 8.43. The van der Waals surface area contributed by atoms with E-state index >= 15 is 0 Å². The third-order valence-electron chi connectivity index (χ3n) is 1.83. The van der Waals surface area contributed by atoms with E-state index in [1.165, 1.54) is 0 Å². The average molecular weight is 376 g/mol. The van der Waals surface area contributed by atoms with Crippen LogP contribution in [0.15, 0.2) is 0 Å². The van der Waals surface area contributed by atoms with E-state index in [-0.39, 0.29) is 5.34 Å². The molecule has 0 bridgehead atoms. The summed E-state index contributed by atoms with van der Waals surface area (Å²) in [5.41, 5.74) is 0. The van der Waals surface area contributed by atoms with Crippen LogP contribution >= 0.6 is 92.8 Å². The van der Waals surface area contributed by atoms with E-state index < -0.39 is 32.3 Å². The van der Waals surface area contributed by atoms with E-state index in [9.17, 15) is 0 Å². The summed E-state index contributed by atoms with van der Waals surface area (Å²) in [7, 11) is 0. The molecule has 0 unspecified atom stereocenters. The van der Waals surface area contributed by atoms with Crippen LogP contribution in [0.5, 0.6) is 0 Å². The quantitative estimate of drug-likeness (QED) is 0.519. The van der Waals surface area contributed by atoms with E-state index in [0.717, 1.165) is 0 Å². The summed E-state index contributed by atoms with van der Waals surface area (Å²) in [6, 6.07) is 0. The third kappa shape index (κ3) is 4.83. The Bertz CT molecular complexity index is 118. The highest BCUT2D eigenvalue weighted by molar-refractivity contribution is 6.45. The molecule has 1 saturated carbocycles. The lowest BCUT2D eigenvalue weighted by molar-refractivity contribution is 0.544. The molecule has 0 amide bonds. The average Bonchev–Trinajstić information content (AvgIpc) is 2.22. The fourth-order valence-electron chi connectivity index (χ4n) is 1.05. The molecule has 0 atom stereocenters. The van der Waals surface area contributed by atoms with E-state index in [1.807, 2.05) is 0 Å². The predicted molar refractivity (Wildman–Crippen MR) is 74.4 cm³/mol. The molecule has 1 rings (SSSR count). The minimum absolute atomic E-state index is 0.194. The zero-order chi connectivity index (χ0) is 12.2. The van der Waals surface area contributed by atoms with Gasteiger partial charge in [0.2, 0.25) is 0 Å². The summed E-state index contributed by atoms with van der Waals surface area (Å²) in [6.45, 7) is 0. The second-order valence-electron chi connectivity index (χ2n) is 2.77. The number of halogens is 8. The lowest BCUT2D eigenvalue weighted by Crippen LogP contribution is -2.52. The van der Waals surface area contributed by atoms with Crippen molar-refractivity contribution in [1.82, 2.24) is 0 Å². The van der Waals surface area contributed by atoms with Crippen LogP contribution in [0, 0.1) is 0 Å². The van der Waals surface area contributed by atoms with Crippen LogP contribution < -0.4 is 0 Å². The minimum Gasteiger partial charge on any atom is -0.120 e. The Morgan fingerprint density at radius 2 is 0.533 bits per heavy atom. The van der Waals surface area contributed by atoms with Gasteiger partial charge in [0.25, 0.3) is 0 Å². The van der Waals surface area contributed by atoms with Crippen molar-refractivity contribution in [2.45, 2.75) is 32.3 Å². The van der Waals surface area contributed by atoms with Crippen molar-refractivity contribution in [3.05, 3.63) is 0 Å². The molecule has 0 aliphatic heterocycles. The zero-order valence-electron chi connectivity index (χ0n) is 7.19. The molecule has 0 nitrogen and oxygen atoms in total. The lowest BCUT2D eigenvalue weighted by atomic mass is 9.97. The number of hydrogen-bond acceptors (Lipinski definition) is 0. The Kier molecular flexibility index (Phi) is 9.73. The third-order valence-corrected chi connectivity index (χ3v) is 5.86. The van der Waals surface area contributed by atoms with Crippen LogP contribution in [-0.4, -0.2) is 37.6 Å².